The van der Waals surface area contributed by atoms with E-state index in [-0.39, 0.29) is 17.1 Å². The van der Waals surface area contributed by atoms with E-state index in [1.54, 1.807) is 31.2 Å². The molecule has 1 aromatic heterocycles. The van der Waals surface area contributed by atoms with E-state index in [0.29, 0.717) is 6.42 Å². The number of hydrogen-bond donors (Lipinski definition) is 1. The topological polar surface area (TPSA) is 111 Å². The van der Waals surface area contributed by atoms with E-state index in [1.807, 2.05) is 6.07 Å². The van der Waals surface area contributed by atoms with Crippen molar-refractivity contribution < 1.29 is 22.6 Å². The molecule has 0 saturated heterocycles. The van der Waals surface area contributed by atoms with Crippen molar-refractivity contribution in [3.05, 3.63) is 41.6 Å². The summed E-state index contributed by atoms with van der Waals surface area (Å²) in [4.78, 5) is 11.9. The Morgan fingerprint density at radius 3 is 2.61 bits per heavy atom. The molecule has 1 atom stereocenters. The first-order chi connectivity index (χ1) is 11.0. The number of esters is 1. The van der Waals surface area contributed by atoms with Gasteiger partial charge in [-0.2, -0.15) is 4.72 Å². The number of aromatic nitrogens is 2. The molecule has 0 bridgehead atoms. The largest absolute Gasteiger partial charge is 0.468 e. The Morgan fingerprint density at radius 1 is 1.30 bits per heavy atom. The Hall–Kier alpha value is -2.26. The number of carbonyl (C=O) groups is 1. The van der Waals surface area contributed by atoms with Crippen LogP contribution < -0.4 is 4.72 Å². The highest BCUT2D eigenvalue weighted by Crippen LogP contribution is 2.13. The molecule has 0 aliphatic rings. The minimum absolute atomic E-state index is 0.152. The van der Waals surface area contributed by atoms with Gasteiger partial charge in [0.05, 0.1) is 7.11 Å². The molecule has 1 heterocycles. The van der Waals surface area contributed by atoms with Gasteiger partial charge in [0, 0.05) is 0 Å². The van der Waals surface area contributed by atoms with Crippen LogP contribution in [0.15, 0.2) is 40.0 Å². The van der Waals surface area contributed by atoms with Crippen LogP contribution in [-0.2, 0) is 32.4 Å². The Kier molecular flexibility index (Phi) is 5.45. The lowest BCUT2D eigenvalue weighted by Crippen LogP contribution is -2.43. The summed E-state index contributed by atoms with van der Waals surface area (Å²) in [6.07, 6.45) is 0.487. The number of benzene rings is 1. The minimum atomic E-state index is -4.05. The molecule has 1 aromatic carbocycles. The normalized spacial score (nSPS) is 12.8. The van der Waals surface area contributed by atoms with Crippen LogP contribution in [0, 0.1) is 0 Å². The maximum absolute atomic E-state index is 12.4. The summed E-state index contributed by atoms with van der Waals surface area (Å²) < 4.78 is 36.3. The molecule has 2 rings (SSSR count). The fourth-order valence-corrected chi connectivity index (χ4v) is 3.32. The molecule has 124 valence electrons. The standard InChI is InChI=1S/C14H17N3O5S/c1-3-11-13(16-22-15-11)23(19,20)17-12(14(18)21-2)9-10-7-5-4-6-8-10/h4-8,12,17H,3,9H2,1-2H3. The van der Waals surface area contributed by atoms with Gasteiger partial charge in [-0.05, 0) is 23.6 Å². The molecule has 0 spiro atoms. The van der Waals surface area contributed by atoms with Crippen molar-refractivity contribution in [1.29, 1.82) is 0 Å². The summed E-state index contributed by atoms with van der Waals surface area (Å²) >= 11 is 0. The van der Waals surface area contributed by atoms with Crippen molar-refractivity contribution in [3.63, 3.8) is 0 Å². The van der Waals surface area contributed by atoms with Crippen molar-refractivity contribution in [2.45, 2.75) is 30.8 Å². The second-order valence-corrected chi connectivity index (χ2v) is 6.39. The fourth-order valence-electron chi connectivity index (χ4n) is 2.03. The average Bonchev–Trinajstić information content (AvgIpc) is 3.04. The number of sulfonamides is 1. The molecule has 0 aliphatic carbocycles. The van der Waals surface area contributed by atoms with Crippen LogP contribution >= 0.6 is 0 Å². The van der Waals surface area contributed by atoms with Crippen LogP contribution in [0.4, 0.5) is 0 Å². The molecule has 0 amide bonds. The van der Waals surface area contributed by atoms with Crippen molar-refractivity contribution >= 4 is 16.0 Å². The monoisotopic (exact) mass is 339 g/mol. The van der Waals surface area contributed by atoms with E-state index in [4.69, 9.17) is 0 Å². The number of carbonyl (C=O) groups excluding carboxylic acids is 1. The SMILES string of the molecule is CCc1nonc1S(=O)(=O)NC(Cc1ccccc1)C(=O)OC. The highest BCUT2D eigenvalue weighted by Gasteiger charge is 2.31. The summed E-state index contributed by atoms with van der Waals surface area (Å²) in [6.45, 7) is 1.72. The summed E-state index contributed by atoms with van der Waals surface area (Å²) in [5.41, 5.74) is 0.986. The number of methoxy groups -OCH3 is 1. The minimum Gasteiger partial charge on any atom is -0.468 e. The lowest BCUT2D eigenvalue weighted by Gasteiger charge is -2.16. The molecule has 0 aliphatic heterocycles. The van der Waals surface area contributed by atoms with Crippen LogP contribution in [0.1, 0.15) is 18.2 Å². The predicted octanol–water partition coefficient (Wildman–Crippen LogP) is 0.695. The molecule has 1 unspecified atom stereocenters. The molecule has 23 heavy (non-hydrogen) atoms. The van der Waals surface area contributed by atoms with E-state index in [2.05, 4.69) is 24.4 Å². The van der Waals surface area contributed by atoms with E-state index in [9.17, 15) is 13.2 Å². The molecule has 8 nitrogen and oxygen atoms in total. The van der Waals surface area contributed by atoms with E-state index >= 15 is 0 Å². The summed E-state index contributed by atoms with van der Waals surface area (Å²) in [5.74, 6) is -0.688. The molecular weight excluding hydrogens is 322 g/mol. The Balaban J connectivity index is 2.25. The number of nitrogens with one attached hydrogen (secondary N) is 1. The summed E-state index contributed by atoms with van der Waals surface area (Å²) in [6, 6.07) is 7.94. The van der Waals surface area contributed by atoms with Crippen molar-refractivity contribution in [2.24, 2.45) is 0 Å². The van der Waals surface area contributed by atoms with E-state index < -0.39 is 22.0 Å². The number of hydrogen-bond acceptors (Lipinski definition) is 7. The lowest BCUT2D eigenvalue weighted by molar-refractivity contribution is -0.142. The third-order valence-corrected chi connectivity index (χ3v) is 4.59. The smallest absolute Gasteiger partial charge is 0.324 e. The first-order valence-corrected chi connectivity index (χ1v) is 8.41. The number of ether oxygens (including phenoxy) is 1. The first-order valence-electron chi connectivity index (χ1n) is 6.93. The van der Waals surface area contributed by atoms with Gasteiger partial charge in [-0.1, -0.05) is 42.4 Å². The third-order valence-electron chi connectivity index (χ3n) is 3.18. The van der Waals surface area contributed by atoms with Gasteiger partial charge in [-0.15, -0.1) is 0 Å². The highest BCUT2D eigenvalue weighted by molar-refractivity contribution is 7.89. The highest BCUT2D eigenvalue weighted by atomic mass is 32.2. The summed E-state index contributed by atoms with van der Waals surface area (Å²) in [7, 11) is -2.85. The predicted molar refractivity (Wildman–Crippen MR) is 79.9 cm³/mol. The number of aryl methyl sites for hydroxylation is 1. The van der Waals surface area contributed by atoms with Crippen LogP contribution in [0.2, 0.25) is 0 Å². The van der Waals surface area contributed by atoms with Crippen LogP contribution in [0.3, 0.4) is 0 Å². The first kappa shape index (κ1) is 17.1. The number of rotatable bonds is 7. The zero-order valence-corrected chi connectivity index (χ0v) is 13.5. The molecular formula is C14H17N3O5S. The molecule has 0 fully saturated rings. The average molecular weight is 339 g/mol. The summed E-state index contributed by atoms with van der Waals surface area (Å²) in [5, 5.41) is 6.63. The van der Waals surface area contributed by atoms with Crippen molar-refractivity contribution in [3.8, 4) is 0 Å². The lowest BCUT2D eigenvalue weighted by atomic mass is 10.1. The second-order valence-electron chi connectivity index (χ2n) is 4.76. The van der Waals surface area contributed by atoms with Gasteiger partial charge < -0.3 is 4.74 Å². The van der Waals surface area contributed by atoms with Gasteiger partial charge in [-0.25, -0.2) is 13.0 Å². The quantitative estimate of drug-likeness (QED) is 0.739. The fraction of sp³-hybridized carbons (Fsp3) is 0.357. The van der Waals surface area contributed by atoms with E-state index in [1.165, 1.54) is 7.11 Å². The molecule has 1 N–H and O–H groups in total. The van der Waals surface area contributed by atoms with Gasteiger partial charge in [0.2, 0.25) is 5.03 Å². The Labute approximate surface area is 133 Å². The van der Waals surface area contributed by atoms with Crippen LogP contribution in [0.5, 0.6) is 0 Å². The molecule has 0 saturated carbocycles. The van der Waals surface area contributed by atoms with Crippen LogP contribution in [-0.4, -0.2) is 37.9 Å². The zero-order chi connectivity index (χ0) is 16.9. The van der Waals surface area contributed by atoms with Crippen LogP contribution in [0.25, 0.3) is 0 Å². The number of nitrogens with zero attached hydrogens (tertiary/aromatic N) is 2. The maximum atomic E-state index is 12.4. The maximum Gasteiger partial charge on any atom is 0.324 e. The zero-order valence-electron chi connectivity index (χ0n) is 12.7. The van der Waals surface area contributed by atoms with Crippen molar-refractivity contribution in [1.82, 2.24) is 15.0 Å². The molecule has 0 radical (unpaired) electrons. The third kappa shape index (κ3) is 4.14. The Bertz CT molecular complexity index is 758. The van der Waals surface area contributed by atoms with Gasteiger partial charge in [0.25, 0.3) is 10.0 Å². The van der Waals surface area contributed by atoms with Gasteiger partial charge in [0.1, 0.15) is 11.7 Å². The second kappa shape index (κ2) is 7.34. The molecule has 2 aromatic rings. The van der Waals surface area contributed by atoms with Gasteiger partial charge in [0.15, 0.2) is 0 Å². The van der Waals surface area contributed by atoms with Crippen molar-refractivity contribution in [2.75, 3.05) is 7.11 Å². The van der Waals surface area contributed by atoms with Gasteiger partial charge in [-0.3, -0.25) is 4.79 Å². The Morgan fingerprint density at radius 2 is 2.00 bits per heavy atom. The molecule has 9 heteroatoms. The van der Waals surface area contributed by atoms with Gasteiger partial charge >= 0.3 is 5.97 Å². The van der Waals surface area contributed by atoms with E-state index in [0.717, 1.165) is 5.56 Å².